The summed E-state index contributed by atoms with van der Waals surface area (Å²) in [5, 5.41) is 11.1. The summed E-state index contributed by atoms with van der Waals surface area (Å²) in [6.07, 6.45) is -0.0360. The summed E-state index contributed by atoms with van der Waals surface area (Å²) in [5.41, 5.74) is 1.79. The smallest absolute Gasteiger partial charge is 0.300 e. The first-order valence-electron chi connectivity index (χ1n) is 11.3. The molecule has 3 aromatic rings. The molecule has 1 amide bonds. The number of methoxy groups -OCH3 is 1. The van der Waals surface area contributed by atoms with Crippen molar-refractivity contribution in [3.8, 4) is 11.5 Å². The summed E-state index contributed by atoms with van der Waals surface area (Å²) in [4.78, 5) is 27.8. The fourth-order valence-electron chi connectivity index (χ4n) is 4.17. The van der Waals surface area contributed by atoms with Crippen LogP contribution in [0.4, 0.5) is 10.1 Å². The van der Waals surface area contributed by atoms with Crippen molar-refractivity contribution in [2.45, 2.75) is 32.9 Å². The molecular formula is C28H25ClFNO5. The number of rotatable bonds is 6. The molecule has 1 fully saturated rings. The number of hydrogen-bond donors (Lipinski definition) is 1. The van der Waals surface area contributed by atoms with Crippen LogP contribution in [0.5, 0.6) is 11.5 Å². The third kappa shape index (κ3) is 4.66. The van der Waals surface area contributed by atoms with Crippen molar-refractivity contribution in [3.63, 3.8) is 0 Å². The molecule has 1 unspecified atom stereocenters. The van der Waals surface area contributed by atoms with Crippen LogP contribution in [0.3, 0.4) is 0 Å². The third-order valence-corrected chi connectivity index (χ3v) is 6.16. The molecule has 4 rings (SSSR count). The van der Waals surface area contributed by atoms with Crippen LogP contribution in [0, 0.1) is 12.7 Å². The lowest BCUT2D eigenvalue weighted by molar-refractivity contribution is -0.132. The van der Waals surface area contributed by atoms with Gasteiger partial charge in [0.15, 0.2) is 0 Å². The zero-order valence-electron chi connectivity index (χ0n) is 20.2. The van der Waals surface area contributed by atoms with Crippen molar-refractivity contribution in [3.05, 3.63) is 93.8 Å². The molecule has 0 aromatic heterocycles. The topological polar surface area (TPSA) is 76.1 Å². The predicted molar refractivity (Wildman–Crippen MR) is 136 cm³/mol. The summed E-state index contributed by atoms with van der Waals surface area (Å²) in [5.74, 6) is -1.49. The Hall–Kier alpha value is -3.84. The van der Waals surface area contributed by atoms with Gasteiger partial charge in [-0.1, -0.05) is 23.7 Å². The molecule has 1 saturated heterocycles. The maximum atomic E-state index is 13.9. The zero-order valence-corrected chi connectivity index (χ0v) is 21.0. The van der Waals surface area contributed by atoms with E-state index in [1.54, 1.807) is 42.5 Å². The van der Waals surface area contributed by atoms with E-state index in [1.807, 2.05) is 20.8 Å². The third-order valence-electron chi connectivity index (χ3n) is 5.87. The van der Waals surface area contributed by atoms with Gasteiger partial charge in [-0.25, -0.2) is 4.39 Å². The number of halogens is 2. The number of benzene rings is 3. The largest absolute Gasteiger partial charge is 0.507 e. The Labute approximate surface area is 213 Å². The van der Waals surface area contributed by atoms with E-state index in [4.69, 9.17) is 21.1 Å². The summed E-state index contributed by atoms with van der Waals surface area (Å²) >= 11 is 5.98. The average molecular weight is 510 g/mol. The van der Waals surface area contributed by atoms with E-state index < -0.39 is 23.5 Å². The number of ketones is 1. The summed E-state index contributed by atoms with van der Waals surface area (Å²) in [6, 6.07) is 14.6. The summed E-state index contributed by atoms with van der Waals surface area (Å²) in [7, 11) is 1.52. The molecule has 8 heteroatoms. The molecule has 0 radical (unpaired) electrons. The van der Waals surface area contributed by atoms with E-state index in [-0.39, 0.29) is 28.1 Å². The molecule has 0 aliphatic carbocycles. The quantitative estimate of drug-likeness (QED) is 0.243. The van der Waals surface area contributed by atoms with Gasteiger partial charge in [0, 0.05) is 11.3 Å². The molecule has 1 aliphatic heterocycles. The van der Waals surface area contributed by atoms with E-state index in [2.05, 4.69) is 0 Å². The first kappa shape index (κ1) is 25.3. The van der Waals surface area contributed by atoms with Gasteiger partial charge in [0.2, 0.25) is 0 Å². The van der Waals surface area contributed by atoms with Gasteiger partial charge in [0.1, 0.15) is 23.1 Å². The normalized spacial score (nSPS) is 17.1. The van der Waals surface area contributed by atoms with Crippen molar-refractivity contribution < 1.29 is 28.6 Å². The van der Waals surface area contributed by atoms with Gasteiger partial charge in [-0.05, 0) is 80.4 Å². The van der Waals surface area contributed by atoms with Gasteiger partial charge in [-0.15, -0.1) is 0 Å². The second-order valence-electron chi connectivity index (χ2n) is 8.69. The van der Waals surface area contributed by atoms with E-state index in [1.165, 1.54) is 24.1 Å². The molecule has 0 bridgehead atoms. The maximum absolute atomic E-state index is 13.9. The van der Waals surface area contributed by atoms with Crippen molar-refractivity contribution in [2.75, 3.05) is 12.0 Å². The molecule has 1 aliphatic rings. The number of anilines is 1. The van der Waals surface area contributed by atoms with Crippen LogP contribution in [0.2, 0.25) is 5.02 Å². The number of aliphatic hydroxyl groups is 1. The molecule has 1 N–H and O–H groups in total. The number of nitrogens with zero attached hydrogens (tertiary/aromatic N) is 1. The number of amides is 1. The van der Waals surface area contributed by atoms with Crippen LogP contribution < -0.4 is 14.4 Å². The highest BCUT2D eigenvalue weighted by atomic mass is 35.5. The van der Waals surface area contributed by atoms with Crippen LogP contribution in [0.1, 0.15) is 36.6 Å². The SMILES string of the molecule is COc1ccc(C2/C(=C(\O)c3ccc(OC(C)C)c(C)c3)C(=O)C(=O)N2c2ccc(F)c(Cl)c2)cc1. The minimum absolute atomic E-state index is 0.0360. The highest BCUT2D eigenvalue weighted by molar-refractivity contribution is 6.51. The van der Waals surface area contributed by atoms with Gasteiger partial charge in [-0.2, -0.15) is 0 Å². The molecule has 0 spiro atoms. The second kappa shape index (κ2) is 10.0. The van der Waals surface area contributed by atoms with Crippen molar-refractivity contribution in [2.24, 2.45) is 0 Å². The van der Waals surface area contributed by atoms with Crippen LogP contribution in [0.25, 0.3) is 5.76 Å². The lowest BCUT2D eigenvalue weighted by Crippen LogP contribution is -2.29. The van der Waals surface area contributed by atoms with Gasteiger partial charge in [-0.3, -0.25) is 14.5 Å². The highest BCUT2D eigenvalue weighted by Crippen LogP contribution is 2.43. The molecular weight excluding hydrogens is 485 g/mol. The number of aryl methyl sites for hydroxylation is 1. The summed E-state index contributed by atoms with van der Waals surface area (Å²) < 4.78 is 24.9. The molecule has 0 saturated carbocycles. The Morgan fingerprint density at radius 3 is 2.33 bits per heavy atom. The first-order valence-corrected chi connectivity index (χ1v) is 11.7. The molecule has 6 nitrogen and oxygen atoms in total. The fourth-order valence-corrected chi connectivity index (χ4v) is 4.35. The van der Waals surface area contributed by atoms with Crippen LogP contribution in [0.15, 0.2) is 66.2 Å². The average Bonchev–Trinajstić information content (AvgIpc) is 3.12. The standard InChI is InChI=1S/C28H25ClFNO5/c1-15(2)36-23-12-7-18(13-16(23)3)26(32)24-25(17-5-9-20(35-4)10-6-17)31(28(34)27(24)33)19-8-11-22(30)21(29)14-19/h5-15,25,32H,1-4H3/b26-24+. The van der Waals surface area contributed by atoms with E-state index >= 15 is 0 Å². The minimum Gasteiger partial charge on any atom is -0.507 e. The van der Waals surface area contributed by atoms with Crippen molar-refractivity contribution in [1.29, 1.82) is 0 Å². The van der Waals surface area contributed by atoms with Crippen LogP contribution >= 0.6 is 11.6 Å². The number of ether oxygens (including phenoxy) is 2. The second-order valence-corrected chi connectivity index (χ2v) is 9.09. The lowest BCUT2D eigenvalue weighted by atomic mass is 9.94. The number of carbonyl (C=O) groups excluding carboxylic acids is 2. The number of aliphatic hydroxyl groups excluding tert-OH is 1. The Balaban J connectivity index is 1.90. The molecule has 1 atom stereocenters. The van der Waals surface area contributed by atoms with Crippen molar-refractivity contribution >= 4 is 34.7 Å². The van der Waals surface area contributed by atoms with Crippen molar-refractivity contribution in [1.82, 2.24) is 0 Å². The highest BCUT2D eigenvalue weighted by Gasteiger charge is 2.47. The molecule has 36 heavy (non-hydrogen) atoms. The van der Waals surface area contributed by atoms with Crippen LogP contribution in [-0.2, 0) is 9.59 Å². The minimum atomic E-state index is -0.982. The lowest BCUT2D eigenvalue weighted by Gasteiger charge is -2.26. The predicted octanol–water partition coefficient (Wildman–Crippen LogP) is 6.21. The van der Waals surface area contributed by atoms with Gasteiger partial charge >= 0.3 is 0 Å². The molecule has 3 aromatic carbocycles. The number of carbonyl (C=O) groups is 2. The van der Waals surface area contributed by atoms with E-state index in [0.29, 0.717) is 22.6 Å². The first-order chi connectivity index (χ1) is 17.1. The molecule has 1 heterocycles. The van der Waals surface area contributed by atoms with Crippen LogP contribution in [-0.4, -0.2) is 30.0 Å². The number of hydrogen-bond acceptors (Lipinski definition) is 5. The Kier molecular flexibility index (Phi) is 7.04. The van der Waals surface area contributed by atoms with E-state index in [9.17, 15) is 19.1 Å². The Morgan fingerprint density at radius 1 is 1.06 bits per heavy atom. The van der Waals surface area contributed by atoms with Gasteiger partial charge in [0.25, 0.3) is 11.7 Å². The zero-order chi connectivity index (χ0) is 26.1. The summed E-state index contributed by atoms with van der Waals surface area (Å²) in [6.45, 7) is 5.64. The van der Waals surface area contributed by atoms with E-state index in [0.717, 1.165) is 11.6 Å². The fraction of sp³-hybridized carbons (Fsp3) is 0.214. The Morgan fingerprint density at radius 2 is 1.75 bits per heavy atom. The monoisotopic (exact) mass is 509 g/mol. The number of Topliss-reactive ketones (excluding diaryl/α,β-unsaturated/α-hetero) is 1. The maximum Gasteiger partial charge on any atom is 0.300 e. The van der Waals surface area contributed by atoms with Gasteiger partial charge < -0.3 is 14.6 Å². The molecule has 186 valence electrons. The Bertz CT molecular complexity index is 1370. The van der Waals surface area contributed by atoms with Gasteiger partial charge in [0.05, 0.1) is 29.9 Å².